The molecule has 6 atom stereocenters. The third-order valence-electron chi connectivity index (χ3n) is 5.33. The first kappa shape index (κ1) is 25.4. The molecule has 0 aromatic carbocycles. The van der Waals surface area contributed by atoms with E-state index in [1.165, 1.54) is 10.9 Å². The van der Waals surface area contributed by atoms with Crippen molar-refractivity contribution in [1.82, 2.24) is 19.1 Å². The Bertz CT molecular complexity index is 1300. The Morgan fingerprint density at radius 3 is 2.63 bits per heavy atom. The lowest BCUT2D eigenvalue weighted by Crippen LogP contribution is -2.32. The van der Waals surface area contributed by atoms with Gasteiger partial charge in [-0.05, 0) is 25.4 Å². The van der Waals surface area contributed by atoms with Crippen molar-refractivity contribution in [2.75, 3.05) is 19.8 Å². The second kappa shape index (κ2) is 8.94. The molecule has 2 unspecified atom stereocenters. The van der Waals surface area contributed by atoms with E-state index in [0.29, 0.717) is 0 Å². The number of phosphoric ester groups is 2. The number of fused-ring (bicyclic) bond motifs is 11. The summed E-state index contributed by atoms with van der Waals surface area (Å²) >= 11 is 6.36. The van der Waals surface area contributed by atoms with E-state index in [9.17, 15) is 23.7 Å². The van der Waals surface area contributed by atoms with Crippen LogP contribution in [0.5, 0.6) is 0 Å². The molecule has 194 valence electrons. The van der Waals surface area contributed by atoms with Crippen LogP contribution >= 0.6 is 27.2 Å². The van der Waals surface area contributed by atoms with Gasteiger partial charge in [0.05, 0.1) is 19.8 Å². The number of hydrogen-bond donors (Lipinski definition) is 2. The molecule has 2 N–H and O–H groups in total. The fourth-order valence-corrected chi connectivity index (χ4v) is 6.34. The first-order valence-corrected chi connectivity index (χ1v) is 13.6. The Hall–Kier alpha value is -1.26. The van der Waals surface area contributed by atoms with E-state index >= 15 is 0 Å². The number of halogens is 1. The summed E-state index contributed by atoms with van der Waals surface area (Å²) < 4.78 is 63.7. The van der Waals surface area contributed by atoms with Crippen molar-refractivity contribution in [1.29, 1.82) is 0 Å². The van der Waals surface area contributed by atoms with Crippen LogP contribution in [0.2, 0.25) is 5.28 Å². The van der Waals surface area contributed by atoms with E-state index < -0.39 is 64.7 Å². The van der Waals surface area contributed by atoms with Crippen LogP contribution in [-0.4, -0.2) is 72.8 Å². The predicted octanol–water partition coefficient (Wildman–Crippen LogP) is 0.902. The number of imidazole rings is 1. The van der Waals surface area contributed by atoms with Crippen LogP contribution < -0.4 is 5.56 Å². The largest absolute Gasteiger partial charge is 0.481 e. The zero-order valence-electron chi connectivity index (χ0n) is 18.3. The molecular formula is C16H21ClN4O12P2. The lowest BCUT2D eigenvalue weighted by Gasteiger charge is -2.25. The highest BCUT2D eigenvalue weighted by atomic mass is 35.5. The maximum absolute atomic E-state index is 12.9. The van der Waals surface area contributed by atoms with Crippen LogP contribution in [0.15, 0.2) is 11.1 Å². The maximum Gasteiger partial charge on any atom is 0.481 e. The van der Waals surface area contributed by atoms with Crippen LogP contribution in [0.25, 0.3) is 11.2 Å². The lowest BCUT2D eigenvalue weighted by molar-refractivity contribution is -0.199. The second-order valence-corrected chi connectivity index (χ2v) is 11.6. The first-order valence-electron chi connectivity index (χ1n) is 10.2. The molecule has 0 spiro atoms. The molecule has 2 saturated heterocycles. The topological polar surface area (TPSA) is 192 Å². The van der Waals surface area contributed by atoms with Gasteiger partial charge in [-0.3, -0.25) is 23.0 Å². The van der Waals surface area contributed by atoms with Crippen LogP contribution in [0.3, 0.4) is 0 Å². The second-order valence-electron chi connectivity index (χ2n) is 8.26. The first-order chi connectivity index (χ1) is 16.4. The van der Waals surface area contributed by atoms with Gasteiger partial charge in [0, 0.05) is 0 Å². The lowest BCUT2D eigenvalue weighted by atomic mass is 10.1. The normalized spacial score (nSPS) is 38.0. The van der Waals surface area contributed by atoms with Gasteiger partial charge in [0.25, 0.3) is 5.56 Å². The molecular weight excluding hydrogens is 538 g/mol. The Labute approximate surface area is 201 Å². The molecule has 6 heterocycles. The average molecular weight is 559 g/mol. The molecule has 16 nitrogen and oxygen atoms in total. The number of rotatable bonds is 0. The quantitative estimate of drug-likeness (QED) is 0.342. The van der Waals surface area contributed by atoms with Gasteiger partial charge in [-0.25, -0.2) is 19.1 Å². The highest BCUT2D eigenvalue weighted by Gasteiger charge is 2.57. The van der Waals surface area contributed by atoms with E-state index in [1.807, 2.05) is 0 Å². The zero-order valence-corrected chi connectivity index (χ0v) is 20.8. The molecule has 2 fully saturated rings. The minimum absolute atomic E-state index is 0.0652. The summed E-state index contributed by atoms with van der Waals surface area (Å²) in [5, 5.41) is -0.120. The summed E-state index contributed by atoms with van der Waals surface area (Å²) in [5.74, 6) is -1.07. The molecule has 2 aromatic heterocycles. The van der Waals surface area contributed by atoms with Gasteiger partial charge in [-0.1, -0.05) is 0 Å². The molecule has 2 aromatic rings. The molecule has 6 bridgehead atoms. The van der Waals surface area contributed by atoms with Crippen molar-refractivity contribution in [2.24, 2.45) is 0 Å². The zero-order chi connectivity index (χ0) is 25.2. The molecule has 6 rings (SSSR count). The van der Waals surface area contributed by atoms with Crippen molar-refractivity contribution < 1.29 is 51.2 Å². The maximum atomic E-state index is 12.9. The van der Waals surface area contributed by atoms with Crippen LogP contribution in [0, 0.1) is 0 Å². The molecule has 4 aliphatic rings. The molecule has 0 saturated carbocycles. The monoisotopic (exact) mass is 558 g/mol. The predicted molar refractivity (Wildman–Crippen MR) is 113 cm³/mol. The third-order valence-corrected chi connectivity index (χ3v) is 8.23. The summed E-state index contributed by atoms with van der Waals surface area (Å²) in [6.45, 7) is 1.64. The van der Waals surface area contributed by atoms with Crippen LogP contribution in [0.1, 0.15) is 20.1 Å². The van der Waals surface area contributed by atoms with E-state index in [1.54, 1.807) is 13.8 Å². The van der Waals surface area contributed by atoms with E-state index in [-0.39, 0.29) is 29.8 Å². The number of aromatic nitrogens is 4. The Morgan fingerprint density at radius 2 is 1.86 bits per heavy atom. The smallest absolute Gasteiger partial charge is 0.358 e. The number of hydrogen-bond acceptors (Lipinski definition) is 12. The van der Waals surface area contributed by atoms with Crippen molar-refractivity contribution >= 4 is 38.4 Å². The minimum Gasteiger partial charge on any atom is -0.358 e. The summed E-state index contributed by atoms with van der Waals surface area (Å²) in [6, 6.07) is 0. The van der Waals surface area contributed by atoms with Gasteiger partial charge in [0.2, 0.25) is 5.28 Å². The molecule has 19 heteroatoms. The molecule has 4 aliphatic heterocycles. The van der Waals surface area contributed by atoms with Gasteiger partial charge >= 0.3 is 15.6 Å². The summed E-state index contributed by atoms with van der Waals surface area (Å²) in [5.41, 5.74) is -0.519. The molecule has 0 radical (unpaired) electrons. The third kappa shape index (κ3) is 4.99. The summed E-state index contributed by atoms with van der Waals surface area (Å²) in [6.07, 6.45) is -2.45. The highest BCUT2D eigenvalue weighted by molar-refractivity contribution is 7.61. The van der Waals surface area contributed by atoms with Crippen LogP contribution in [-0.2, 0) is 48.2 Å². The van der Waals surface area contributed by atoms with Crippen molar-refractivity contribution in [3.05, 3.63) is 22.0 Å². The van der Waals surface area contributed by atoms with E-state index in [4.69, 9.17) is 35.1 Å². The summed E-state index contributed by atoms with van der Waals surface area (Å²) in [4.78, 5) is 41.0. The molecule has 0 aliphatic carbocycles. The highest BCUT2D eigenvalue weighted by Crippen LogP contribution is 2.60. The van der Waals surface area contributed by atoms with Gasteiger partial charge in [-0.15, -0.1) is 0 Å². The minimum atomic E-state index is -5.07. The van der Waals surface area contributed by atoms with Gasteiger partial charge in [-0.2, -0.15) is 4.31 Å². The van der Waals surface area contributed by atoms with Crippen molar-refractivity contribution in [3.8, 4) is 0 Å². The van der Waals surface area contributed by atoms with Crippen molar-refractivity contribution in [3.63, 3.8) is 0 Å². The van der Waals surface area contributed by atoms with E-state index in [0.717, 1.165) is 4.57 Å². The fraction of sp³-hybridized carbons (Fsp3) is 0.688. The van der Waals surface area contributed by atoms with Gasteiger partial charge in [0.1, 0.15) is 31.4 Å². The van der Waals surface area contributed by atoms with Gasteiger partial charge < -0.3 is 28.7 Å². The molecule has 0 amide bonds. The number of nitrogens with zero attached hydrogens (tertiary/aromatic N) is 4. The Morgan fingerprint density at radius 1 is 1.14 bits per heavy atom. The van der Waals surface area contributed by atoms with Crippen LogP contribution in [0.4, 0.5) is 0 Å². The van der Waals surface area contributed by atoms with Gasteiger partial charge in [0.15, 0.2) is 23.2 Å². The fourth-order valence-electron chi connectivity index (χ4n) is 4.02. The Balaban J connectivity index is 1.56. The summed E-state index contributed by atoms with van der Waals surface area (Å²) in [7, 11) is -10.1. The Kier molecular flexibility index (Phi) is 6.49. The number of phosphoric acid groups is 2. The standard InChI is InChI=1S/C16H21ClN4O12P2/c1-16(2)31-10-8-5-29-35(25,26)33-34(23,24)28-4-3-27-7-20-6-18-12-9(13(20)22)19-15(17)21(12)14(30-8)11(10)32-16/h6,8,10-11,14H,3-5,7H2,1-2H3,(H,23,24)(H,25,26)/t8-,10-,11-,14-/m1/s1. The SMILES string of the molecule is CC1(C)O[C@@H]2[C@H](O1)[C@H]1COP(=O)(O)OP(=O)(O)OCCOCn3cnc4c(nc(Cl)n4[C@@H]2O1)c3=O. The number of ether oxygens (including phenoxy) is 4. The molecule has 35 heavy (non-hydrogen) atoms. The van der Waals surface area contributed by atoms with E-state index in [2.05, 4.69) is 18.8 Å². The average Bonchev–Trinajstić information content (AvgIpc) is 3.34. The van der Waals surface area contributed by atoms with Crippen molar-refractivity contribution in [2.45, 2.75) is 50.9 Å².